The van der Waals surface area contributed by atoms with Gasteiger partial charge in [0.1, 0.15) is 24.0 Å². The number of benzene rings is 3. The van der Waals surface area contributed by atoms with E-state index in [-0.39, 0.29) is 37.5 Å². The number of furan rings is 1. The maximum Gasteiger partial charge on any atom is 0.496 e. The molecule has 1 unspecified atom stereocenters. The molecule has 0 bridgehead atoms. The monoisotopic (exact) mass is 712 g/mol. The third kappa shape index (κ3) is 7.03. The van der Waals surface area contributed by atoms with Gasteiger partial charge in [0.15, 0.2) is 0 Å². The molecule has 0 spiro atoms. The van der Waals surface area contributed by atoms with Crippen molar-refractivity contribution in [2.75, 3.05) is 25.3 Å². The van der Waals surface area contributed by atoms with Gasteiger partial charge in [-0.25, -0.2) is 8.60 Å². The van der Waals surface area contributed by atoms with Crippen molar-refractivity contribution in [3.8, 4) is 11.3 Å². The van der Waals surface area contributed by atoms with Gasteiger partial charge < -0.3 is 28.5 Å². The number of methoxy groups -OCH3 is 1. The SMILES string of the molecule is CNC(=O)c1c(-c2ccc(F)cc2)oc2cc(N(Cc3cc(Cl)c(B4OC(C)(C)C(C)(C)O4)c(COCOC)c3)S(=O)O)c(C3CC3)cc12. The highest BCUT2D eigenvalue weighted by molar-refractivity contribution is 7.80. The van der Waals surface area contributed by atoms with E-state index >= 15 is 0 Å². The van der Waals surface area contributed by atoms with Gasteiger partial charge in [0.2, 0.25) is 0 Å². The number of nitrogens with zero attached hydrogens (tertiary/aromatic N) is 1. The highest BCUT2D eigenvalue weighted by Crippen LogP contribution is 2.48. The van der Waals surface area contributed by atoms with E-state index in [2.05, 4.69) is 5.32 Å². The van der Waals surface area contributed by atoms with E-state index in [1.165, 1.54) is 30.6 Å². The van der Waals surface area contributed by atoms with E-state index in [4.69, 9.17) is 34.8 Å². The van der Waals surface area contributed by atoms with Crippen LogP contribution in [0.15, 0.2) is 52.9 Å². The quantitative estimate of drug-likeness (QED) is 0.0722. The minimum atomic E-state index is -2.47. The standard InChI is InChI=1S/C35H39BClFN2O8S/c1-34(2)35(3,4)48-36(47-34)31-23(18-45-19-44-6)13-20(14-27(31)37)17-40(49(42)43)28-16-29-26(15-25(28)21-7-8-21)30(33(41)39-5)32(46-29)22-9-11-24(38)12-10-22/h9-16,21H,7-8,17-19H2,1-6H3,(H,39,41)(H,42,43). The second-order valence-corrected chi connectivity index (χ2v) is 14.6. The first kappa shape index (κ1) is 35.5. The van der Waals surface area contributed by atoms with Crippen LogP contribution in [-0.2, 0) is 43.2 Å². The van der Waals surface area contributed by atoms with Crippen molar-refractivity contribution >= 4 is 58.0 Å². The Morgan fingerprint density at radius 1 is 1.12 bits per heavy atom. The molecule has 1 aliphatic carbocycles. The lowest BCUT2D eigenvalue weighted by atomic mass is 9.75. The Morgan fingerprint density at radius 2 is 1.80 bits per heavy atom. The first-order valence-corrected chi connectivity index (χ1v) is 17.4. The summed E-state index contributed by atoms with van der Waals surface area (Å²) in [4.78, 5) is 13.2. The highest BCUT2D eigenvalue weighted by atomic mass is 35.5. The van der Waals surface area contributed by atoms with Crippen molar-refractivity contribution in [2.45, 2.75) is 70.8 Å². The lowest BCUT2D eigenvalue weighted by Crippen LogP contribution is -2.41. The van der Waals surface area contributed by atoms with E-state index in [0.717, 1.165) is 18.4 Å². The number of hydrogen-bond donors (Lipinski definition) is 2. The fourth-order valence-electron chi connectivity index (χ4n) is 6.04. The van der Waals surface area contributed by atoms with Crippen LogP contribution in [0.4, 0.5) is 10.1 Å². The molecule has 49 heavy (non-hydrogen) atoms. The molecule has 0 radical (unpaired) electrons. The normalized spacial score (nSPS) is 17.4. The number of carbonyl (C=O) groups excluding carboxylic acids is 1. The van der Waals surface area contributed by atoms with Crippen LogP contribution in [0, 0.1) is 5.82 Å². The van der Waals surface area contributed by atoms with Crippen LogP contribution in [0.3, 0.4) is 0 Å². The number of rotatable bonds is 12. The Balaban J connectivity index is 1.43. The largest absolute Gasteiger partial charge is 0.496 e. The predicted octanol–water partition coefficient (Wildman–Crippen LogP) is 6.69. The number of carbonyl (C=O) groups is 1. The molecule has 10 nitrogen and oxygen atoms in total. The third-order valence-electron chi connectivity index (χ3n) is 9.42. The maximum absolute atomic E-state index is 13.8. The van der Waals surface area contributed by atoms with Gasteiger partial charge >= 0.3 is 7.12 Å². The van der Waals surface area contributed by atoms with Gasteiger partial charge in [-0.2, -0.15) is 0 Å². The molecule has 260 valence electrons. The van der Waals surface area contributed by atoms with Gasteiger partial charge in [0, 0.05) is 41.7 Å². The van der Waals surface area contributed by atoms with Crippen LogP contribution in [-0.4, -0.2) is 53.9 Å². The lowest BCUT2D eigenvalue weighted by Gasteiger charge is -2.32. The number of anilines is 1. The summed E-state index contributed by atoms with van der Waals surface area (Å²) in [6, 6.07) is 12.8. The summed E-state index contributed by atoms with van der Waals surface area (Å²) in [6.07, 6.45) is 1.77. The smallest absolute Gasteiger partial charge is 0.455 e. The number of amides is 1. The summed E-state index contributed by atoms with van der Waals surface area (Å²) in [5, 5.41) is 3.59. The van der Waals surface area contributed by atoms with Gasteiger partial charge in [0.05, 0.1) is 35.6 Å². The molecule has 1 aromatic heterocycles. The first-order chi connectivity index (χ1) is 23.2. The first-order valence-electron chi connectivity index (χ1n) is 15.9. The maximum atomic E-state index is 13.8. The van der Waals surface area contributed by atoms with Crippen LogP contribution in [0.5, 0.6) is 0 Å². The topological polar surface area (TPSA) is 120 Å². The van der Waals surface area contributed by atoms with E-state index in [1.54, 1.807) is 24.3 Å². The molecule has 2 N–H and O–H groups in total. The molecular weight excluding hydrogens is 674 g/mol. The van der Waals surface area contributed by atoms with Crippen molar-refractivity contribution < 1.29 is 41.1 Å². The molecule has 4 aromatic rings. The van der Waals surface area contributed by atoms with Gasteiger partial charge in [0.25, 0.3) is 17.2 Å². The van der Waals surface area contributed by atoms with Gasteiger partial charge in [-0.3, -0.25) is 13.7 Å². The molecule has 1 saturated heterocycles. The van der Waals surface area contributed by atoms with Crippen molar-refractivity contribution in [2.24, 2.45) is 0 Å². The molecule has 2 aliphatic rings. The van der Waals surface area contributed by atoms with E-state index in [1.807, 2.05) is 39.8 Å². The summed E-state index contributed by atoms with van der Waals surface area (Å²) in [7, 11) is 2.30. The number of nitrogens with one attached hydrogen (secondary N) is 1. The van der Waals surface area contributed by atoms with Crippen molar-refractivity contribution in [3.63, 3.8) is 0 Å². The Morgan fingerprint density at radius 3 is 2.39 bits per heavy atom. The summed E-state index contributed by atoms with van der Waals surface area (Å²) in [6.45, 7) is 8.00. The van der Waals surface area contributed by atoms with Crippen LogP contribution < -0.4 is 15.1 Å². The van der Waals surface area contributed by atoms with Crippen LogP contribution in [0.1, 0.15) is 73.5 Å². The van der Waals surface area contributed by atoms with Crippen LogP contribution in [0.2, 0.25) is 5.02 Å². The molecule has 1 atom stereocenters. The van der Waals surface area contributed by atoms with E-state index < -0.39 is 35.4 Å². The zero-order valence-electron chi connectivity index (χ0n) is 28.2. The summed E-state index contributed by atoms with van der Waals surface area (Å²) < 4.78 is 68.7. The molecule has 1 saturated carbocycles. The zero-order valence-corrected chi connectivity index (χ0v) is 29.8. The second kappa shape index (κ2) is 13.8. The second-order valence-electron chi connectivity index (χ2n) is 13.3. The number of ether oxygens (including phenoxy) is 2. The van der Waals surface area contributed by atoms with E-state index in [0.29, 0.717) is 49.4 Å². The molecule has 6 rings (SSSR count). The van der Waals surface area contributed by atoms with Crippen molar-refractivity contribution in [1.82, 2.24) is 5.32 Å². The Bertz CT molecular complexity index is 1900. The molecule has 1 aliphatic heterocycles. The molecular formula is C35H39BClFN2O8S. The highest BCUT2D eigenvalue weighted by Gasteiger charge is 2.53. The Kier molecular flexibility index (Phi) is 10.00. The predicted molar refractivity (Wildman–Crippen MR) is 188 cm³/mol. The summed E-state index contributed by atoms with van der Waals surface area (Å²) in [5.74, 6) is -0.386. The zero-order chi connectivity index (χ0) is 35.2. The molecule has 2 heterocycles. The van der Waals surface area contributed by atoms with Crippen molar-refractivity contribution in [1.29, 1.82) is 0 Å². The fourth-order valence-corrected chi connectivity index (χ4v) is 6.98. The number of halogens is 2. The fraction of sp³-hybridized carbons (Fsp3) is 0.400. The van der Waals surface area contributed by atoms with Gasteiger partial charge in [-0.1, -0.05) is 17.7 Å². The average molecular weight is 713 g/mol. The Hall–Kier alpha value is -3.30. The minimum Gasteiger partial charge on any atom is -0.455 e. The van der Waals surface area contributed by atoms with Crippen LogP contribution in [0.25, 0.3) is 22.3 Å². The van der Waals surface area contributed by atoms with Gasteiger partial charge in [-0.15, -0.1) is 0 Å². The Labute approximate surface area is 292 Å². The van der Waals surface area contributed by atoms with Crippen molar-refractivity contribution in [3.05, 3.63) is 81.6 Å². The molecule has 1 amide bonds. The third-order valence-corrected chi connectivity index (χ3v) is 10.4. The summed E-state index contributed by atoms with van der Waals surface area (Å²) in [5.41, 5.74) is 3.20. The average Bonchev–Trinajstić information content (AvgIpc) is 3.78. The minimum absolute atomic E-state index is 0.00279. The summed E-state index contributed by atoms with van der Waals surface area (Å²) >= 11 is 4.48. The molecule has 2 fully saturated rings. The van der Waals surface area contributed by atoms with E-state index in [9.17, 15) is 17.9 Å². The molecule has 14 heteroatoms. The van der Waals surface area contributed by atoms with Gasteiger partial charge in [-0.05, 0) is 99.5 Å². The van der Waals surface area contributed by atoms with Crippen LogP contribution >= 0.6 is 11.6 Å². The number of hydrogen-bond acceptors (Lipinski definition) is 7. The molecule has 3 aromatic carbocycles. The lowest BCUT2D eigenvalue weighted by molar-refractivity contribution is -0.0389. The number of fused-ring (bicyclic) bond motifs is 1.